The van der Waals surface area contributed by atoms with E-state index in [9.17, 15) is 0 Å². The van der Waals surface area contributed by atoms with Gasteiger partial charge in [-0.1, -0.05) is 0 Å². The van der Waals surface area contributed by atoms with E-state index >= 15 is 0 Å². The van der Waals surface area contributed by atoms with Crippen LogP contribution in [0, 0.1) is 11.3 Å². The Hall–Kier alpha value is -2.26. The van der Waals surface area contributed by atoms with Gasteiger partial charge >= 0.3 is 0 Å². The van der Waals surface area contributed by atoms with Gasteiger partial charge in [0.15, 0.2) is 0 Å². The van der Waals surface area contributed by atoms with Crippen LogP contribution >= 0.6 is 0 Å². The number of aryl methyl sites for hydroxylation is 1. The van der Waals surface area contributed by atoms with Gasteiger partial charge < -0.3 is 9.88 Å². The van der Waals surface area contributed by atoms with Crippen LogP contribution in [0.4, 0.5) is 0 Å². The van der Waals surface area contributed by atoms with Crippen LogP contribution in [-0.2, 0) is 19.6 Å². The fourth-order valence-electron chi connectivity index (χ4n) is 1.64. The summed E-state index contributed by atoms with van der Waals surface area (Å²) >= 11 is 0. The summed E-state index contributed by atoms with van der Waals surface area (Å²) in [4.78, 5) is 3.93. The second-order valence-electron chi connectivity index (χ2n) is 3.80. The third-order valence-corrected chi connectivity index (χ3v) is 2.59. The van der Waals surface area contributed by atoms with E-state index in [1.807, 2.05) is 16.7 Å². The zero-order chi connectivity index (χ0) is 12.8. The number of aromatic nitrogens is 4. The molecule has 0 spiro atoms. The van der Waals surface area contributed by atoms with Crippen LogP contribution in [0.5, 0.6) is 0 Å². The molecule has 0 saturated carbocycles. The van der Waals surface area contributed by atoms with Crippen LogP contribution in [0.1, 0.15) is 24.0 Å². The Morgan fingerprint density at radius 3 is 3.11 bits per heavy atom. The number of pyridine rings is 1. The predicted octanol–water partition coefficient (Wildman–Crippen LogP) is 0.854. The standard InChI is InChI=1S/C12H14N6/c1-2-18-9-16-17-12(18)8-14-7-10-3-4-15-11(5-10)6-13/h3-5,9,14H,2,7-8H2,1H3. The molecule has 0 atom stereocenters. The maximum atomic E-state index is 8.75. The van der Waals surface area contributed by atoms with Gasteiger partial charge in [-0.05, 0) is 24.6 Å². The summed E-state index contributed by atoms with van der Waals surface area (Å²) < 4.78 is 1.99. The average molecular weight is 242 g/mol. The highest BCUT2D eigenvalue weighted by molar-refractivity contribution is 5.25. The summed E-state index contributed by atoms with van der Waals surface area (Å²) in [5.41, 5.74) is 1.47. The van der Waals surface area contributed by atoms with Gasteiger partial charge in [-0.2, -0.15) is 5.26 Å². The lowest BCUT2D eigenvalue weighted by Gasteiger charge is -2.05. The summed E-state index contributed by atoms with van der Waals surface area (Å²) in [5, 5.41) is 19.9. The number of nitriles is 1. The largest absolute Gasteiger partial charge is 0.317 e. The van der Waals surface area contributed by atoms with Crippen LogP contribution in [0.2, 0.25) is 0 Å². The first-order chi connectivity index (χ1) is 8.83. The van der Waals surface area contributed by atoms with Gasteiger partial charge in [0.1, 0.15) is 23.9 Å². The van der Waals surface area contributed by atoms with Crippen molar-refractivity contribution < 1.29 is 0 Å². The Bertz CT molecular complexity index is 554. The summed E-state index contributed by atoms with van der Waals surface area (Å²) in [5.74, 6) is 0.909. The molecule has 0 aliphatic carbocycles. The first-order valence-corrected chi connectivity index (χ1v) is 5.76. The minimum absolute atomic E-state index is 0.436. The normalized spacial score (nSPS) is 10.2. The molecule has 0 aromatic carbocycles. The van der Waals surface area contributed by atoms with Crippen molar-refractivity contribution in [2.24, 2.45) is 0 Å². The Labute approximate surface area is 105 Å². The monoisotopic (exact) mass is 242 g/mol. The van der Waals surface area contributed by atoms with Crippen LogP contribution in [0.25, 0.3) is 0 Å². The van der Waals surface area contributed by atoms with E-state index in [0.29, 0.717) is 18.8 Å². The van der Waals surface area contributed by atoms with Gasteiger partial charge in [0, 0.05) is 19.3 Å². The highest BCUT2D eigenvalue weighted by Crippen LogP contribution is 2.01. The van der Waals surface area contributed by atoms with Gasteiger partial charge in [-0.15, -0.1) is 10.2 Å². The molecule has 18 heavy (non-hydrogen) atoms. The molecular formula is C12H14N6. The molecule has 6 nitrogen and oxygen atoms in total. The molecule has 2 heterocycles. The van der Waals surface area contributed by atoms with Crippen molar-refractivity contribution in [3.8, 4) is 6.07 Å². The smallest absolute Gasteiger partial charge is 0.146 e. The molecule has 0 aliphatic rings. The van der Waals surface area contributed by atoms with Crippen molar-refractivity contribution in [1.82, 2.24) is 25.1 Å². The summed E-state index contributed by atoms with van der Waals surface area (Å²) in [6, 6.07) is 5.69. The van der Waals surface area contributed by atoms with Crippen LogP contribution < -0.4 is 5.32 Å². The van der Waals surface area contributed by atoms with E-state index < -0.39 is 0 Å². The molecule has 0 unspecified atom stereocenters. The molecule has 2 aromatic rings. The summed E-state index contributed by atoms with van der Waals surface area (Å²) in [7, 11) is 0. The van der Waals surface area contributed by atoms with Crippen LogP contribution in [0.3, 0.4) is 0 Å². The molecule has 6 heteroatoms. The van der Waals surface area contributed by atoms with Crippen molar-refractivity contribution in [2.45, 2.75) is 26.6 Å². The number of hydrogen-bond acceptors (Lipinski definition) is 5. The van der Waals surface area contributed by atoms with E-state index in [0.717, 1.165) is 17.9 Å². The second-order valence-corrected chi connectivity index (χ2v) is 3.80. The van der Waals surface area contributed by atoms with Gasteiger partial charge in [-0.3, -0.25) is 0 Å². The number of nitrogens with one attached hydrogen (secondary N) is 1. The minimum Gasteiger partial charge on any atom is -0.317 e. The summed E-state index contributed by atoms with van der Waals surface area (Å²) in [6.07, 6.45) is 3.36. The molecule has 2 aromatic heterocycles. The van der Waals surface area contributed by atoms with Crippen LogP contribution in [-0.4, -0.2) is 19.7 Å². The van der Waals surface area contributed by atoms with Crippen molar-refractivity contribution in [1.29, 1.82) is 5.26 Å². The van der Waals surface area contributed by atoms with E-state index in [4.69, 9.17) is 5.26 Å². The Morgan fingerprint density at radius 2 is 2.33 bits per heavy atom. The van der Waals surface area contributed by atoms with Crippen molar-refractivity contribution >= 4 is 0 Å². The van der Waals surface area contributed by atoms with E-state index in [-0.39, 0.29) is 0 Å². The Morgan fingerprint density at radius 1 is 1.44 bits per heavy atom. The maximum absolute atomic E-state index is 8.75. The predicted molar refractivity (Wildman–Crippen MR) is 65.2 cm³/mol. The highest BCUT2D eigenvalue weighted by Gasteiger charge is 2.02. The zero-order valence-corrected chi connectivity index (χ0v) is 10.2. The average Bonchev–Trinajstić information content (AvgIpc) is 2.86. The zero-order valence-electron chi connectivity index (χ0n) is 10.2. The maximum Gasteiger partial charge on any atom is 0.146 e. The lowest BCUT2D eigenvalue weighted by molar-refractivity contribution is 0.612. The molecule has 0 bridgehead atoms. The first kappa shape index (κ1) is 12.2. The van der Waals surface area contributed by atoms with Gasteiger partial charge in [0.05, 0.1) is 6.54 Å². The lowest BCUT2D eigenvalue weighted by Crippen LogP contribution is -2.16. The molecule has 2 rings (SSSR count). The fourth-order valence-corrected chi connectivity index (χ4v) is 1.64. The number of hydrogen-bond donors (Lipinski definition) is 1. The van der Waals surface area contributed by atoms with Gasteiger partial charge in [0.2, 0.25) is 0 Å². The number of nitrogens with zero attached hydrogens (tertiary/aromatic N) is 5. The molecule has 0 fully saturated rings. The molecular weight excluding hydrogens is 228 g/mol. The van der Waals surface area contributed by atoms with E-state index in [1.165, 1.54) is 0 Å². The molecule has 0 radical (unpaired) electrons. The summed E-state index contributed by atoms with van der Waals surface area (Å²) in [6.45, 7) is 4.23. The third-order valence-electron chi connectivity index (χ3n) is 2.59. The minimum atomic E-state index is 0.436. The first-order valence-electron chi connectivity index (χ1n) is 5.76. The van der Waals surface area contributed by atoms with Crippen molar-refractivity contribution in [3.63, 3.8) is 0 Å². The van der Waals surface area contributed by atoms with Gasteiger partial charge in [0.25, 0.3) is 0 Å². The molecule has 0 saturated heterocycles. The topological polar surface area (TPSA) is 79.4 Å². The Balaban J connectivity index is 1.90. The SMILES string of the molecule is CCn1cnnc1CNCc1ccnc(C#N)c1. The molecule has 1 N–H and O–H groups in total. The van der Waals surface area contributed by atoms with E-state index in [2.05, 4.69) is 27.4 Å². The molecule has 0 aliphatic heterocycles. The Kier molecular flexibility index (Phi) is 3.99. The quantitative estimate of drug-likeness (QED) is 0.841. The highest BCUT2D eigenvalue weighted by atomic mass is 15.3. The van der Waals surface area contributed by atoms with Crippen LogP contribution in [0.15, 0.2) is 24.7 Å². The molecule has 0 amide bonds. The lowest BCUT2D eigenvalue weighted by atomic mass is 10.2. The molecule has 92 valence electrons. The van der Waals surface area contributed by atoms with Crippen molar-refractivity contribution in [3.05, 3.63) is 41.7 Å². The number of rotatable bonds is 5. The van der Waals surface area contributed by atoms with Crippen molar-refractivity contribution in [2.75, 3.05) is 0 Å². The third kappa shape index (κ3) is 2.90. The second kappa shape index (κ2) is 5.89. The van der Waals surface area contributed by atoms with Gasteiger partial charge in [-0.25, -0.2) is 4.98 Å². The fraction of sp³-hybridized carbons (Fsp3) is 0.333. The van der Waals surface area contributed by atoms with E-state index in [1.54, 1.807) is 18.6 Å².